The highest BCUT2D eigenvalue weighted by Crippen LogP contribution is 2.32. The van der Waals surface area contributed by atoms with E-state index >= 15 is 0 Å². The van der Waals surface area contributed by atoms with Gasteiger partial charge in [0.05, 0.1) is 39.3 Å². The van der Waals surface area contributed by atoms with Crippen molar-refractivity contribution in [2.45, 2.75) is 6.92 Å². The van der Waals surface area contributed by atoms with Crippen LogP contribution >= 0.6 is 0 Å². The summed E-state index contributed by atoms with van der Waals surface area (Å²) in [6.45, 7) is 3.17. The van der Waals surface area contributed by atoms with E-state index in [-0.39, 0.29) is 5.91 Å². The maximum atomic E-state index is 11.3. The second-order valence-corrected chi connectivity index (χ2v) is 7.65. The first-order chi connectivity index (χ1) is 14.5. The monoisotopic (exact) mass is 455 g/mol. The van der Waals surface area contributed by atoms with Crippen molar-refractivity contribution in [3.8, 4) is 0 Å². The fraction of sp³-hybridized carbons (Fsp3) is 0.444. The lowest BCUT2D eigenvalue weighted by molar-refractivity contribution is -0.657. The smallest absolute Gasteiger partial charge is 0.421 e. The van der Waals surface area contributed by atoms with Crippen molar-refractivity contribution in [1.82, 2.24) is 9.88 Å². The molecule has 0 fully saturated rings. The molecule has 0 unspecified atom stereocenters. The highest BCUT2D eigenvalue weighted by Gasteiger charge is 2.14. The van der Waals surface area contributed by atoms with E-state index in [9.17, 15) is 17.8 Å². The second kappa shape index (κ2) is 12.1. The van der Waals surface area contributed by atoms with Crippen LogP contribution in [0, 0.1) is 0 Å². The molecule has 0 aliphatic rings. The number of likely N-dealkylation sites (N-methyl/N-ethyl adjacent to an activating group) is 2. The Morgan fingerprint density at radius 3 is 2.48 bits per heavy atom. The van der Waals surface area contributed by atoms with Gasteiger partial charge in [0.25, 0.3) is 0 Å². The van der Waals surface area contributed by atoms with Crippen LogP contribution in [0.4, 0.5) is 23.0 Å². The number of carbonyl (C=O) groups excluding carboxylic acids is 1. The fourth-order valence-electron chi connectivity index (χ4n) is 2.43. The molecular formula is C18H29N7O5S. The van der Waals surface area contributed by atoms with Gasteiger partial charge in [-0.2, -0.15) is 0 Å². The minimum Gasteiger partial charge on any atom is -0.726 e. The van der Waals surface area contributed by atoms with Crippen LogP contribution < -0.4 is 20.1 Å². The first-order valence-electron chi connectivity index (χ1n) is 9.20. The fourth-order valence-corrected chi connectivity index (χ4v) is 2.43. The lowest BCUT2D eigenvalue weighted by Gasteiger charge is -2.20. The Morgan fingerprint density at radius 2 is 2.00 bits per heavy atom. The Bertz CT molecular complexity index is 985. The van der Waals surface area contributed by atoms with Crippen molar-refractivity contribution < 1.29 is 26.5 Å². The Morgan fingerprint density at radius 1 is 1.35 bits per heavy atom. The van der Waals surface area contributed by atoms with Crippen LogP contribution in [0.1, 0.15) is 6.92 Å². The lowest BCUT2D eigenvalue weighted by Crippen LogP contribution is -2.27. The minimum atomic E-state index is -4.41. The number of nitrogens with one attached hydrogen (secondary N) is 2. The van der Waals surface area contributed by atoms with Gasteiger partial charge in [0.2, 0.25) is 16.3 Å². The number of carbonyl (C=O) groups is 1. The van der Waals surface area contributed by atoms with Gasteiger partial charge in [-0.25, -0.2) is 17.6 Å². The molecule has 0 saturated heterocycles. The Balaban J connectivity index is 0.000000703. The number of nitrogens with zero attached hydrogens (tertiary/aromatic N) is 5. The molecule has 0 bridgehead atoms. The first kappa shape index (κ1) is 26.2. The Hall–Kier alpha value is -2.87. The summed E-state index contributed by atoms with van der Waals surface area (Å²) in [5.41, 5.74) is 2.35. The highest BCUT2D eigenvalue weighted by atomic mass is 32.3. The van der Waals surface area contributed by atoms with E-state index in [0.29, 0.717) is 11.4 Å². The van der Waals surface area contributed by atoms with E-state index in [2.05, 4.69) is 29.9 Å². The zero-order valence-electron chi connectivity index (χ0n) is 18.5. The summed E-state index contributed by atoms with van der Waals surface area (Å²) in [4.78, 5) is 13.4. The quantitative estimate of drug-likeness (QED) is 0.261. The van der Waals surface area contributed by atoms with Crippen LogP contribution in [0.3, 0.4) is 0 Å². The number of aryl methyl sites for hydroxylation is 2. The van der Waals surface area contributed by atoms with Crippen LogP contribution in [0.15, 0.2) is 40.8 Å². The van der Waals surface area contributed by atoms with E-state index < -0.39 is 10.4 Å². The number of hydrogen-bond acceptors (Lipinski definition) is 9. The molecule has 1 aromatic carbocycles. The largest absolute Gasteiger partial charge is 0.726 e. The molecule has 172 valence electrons. The molecule has 1 amide bonds. The zero-order chi connectivity index (χ0) is 23.6. The Labute approximate surface area is 182 Å². The maximum absolute atomic E-state index is 11.3. The van der Waals surface area contributed by atoms with E-state index in [1.165, 1.54) is 6.92 Å². The molecule has 31 heavy (non-hydrogen) atoms. The maximum Gasteiger partial charge on any atom is 0.421 e. The molecule has 0 aliphatic carbocycles. The summed E-state index contributed by atoms with van der Waals surface area (Å²) in [5.74, 6) is 0.613. The van der Waals surface area contributed by atoms with Crippen LogP contribution in [0.5, 0.6) is 0 Å². The van der Waals surface area contributed by atoms with Gasteiger partial charge in [0.1, 0.15) is 5.69 Å². The van der Waals surface area contributed by atoms with E-state index in [0.717, 1.165) is 31.8 Å². The summed E-state index contributed by atoms with van der Waals surface area (Å²) < 4.78 is 34.8. The van der Waals surface area contributed by atoms with Crippen LogP contribution in [0.25, 0.3) is 0 Å². The molecule has 0 aliphatic heterocycles. The summed E-state index contributed by atoms with van der Waals surface area (Å²) in [6, 6.07) is 5.65. The molecule has 0 atom stereocenters. The van der Waals surface area contributed by atoms with Gasteiger partial charge in [0.15, 0.2) is 0 Å². The SMILES string of the molecule is CNCCN(C)c1ccc(NC(C)=O)cc1N=Nc1n(C)cc[n+]1C.COS(=O)(=O)[O-]. The number of aromatic nitrogens is 2. The summed E-state index contributed by atoms with van der Waals surface area (Å²) in [5, 5.41) is 14.7. The molecule has 0 saturated carbocycles. The van der Waals surface area contributed by atoms with Crippen molar-refractivity contribution in [3.05, 3.63) is 30.6 Å². The molecule has 13 heteroatoms. The molecule has 1 aromatic heterocycles. The molecule has 2 aromatic rings. The predicted octanol–water partition coefficient (Wildman–Crippen LogP) is 0.972. The molecule has 0 radical (unpaired) electrons. The second-order valence-electron chi connectivity index (χ2n) is 6.50. The molecule has 1 heterocycles. The number of rotatable bonds is 8. The van der Waals surface area contributed by atoms with Crippen molar-refractivity contribution in [3.63, 3.8) is 0 Å². The van der Waals surface area contributed by atoms with Gasteiger partial charge in [-0.3, -0.25) is 8.98 Å². The topological polar surface area (TPSA) is 144 Å². The van der Waals surface area contributed by atoms with Crippen molar-refractivity contribution >= 4 is 39.3 Å². The first-order valence-corrected chi connectivity index (χ1v) is 10.5. The summed E-state index contributed by atoms with van der Waals surface area (Å²) >= 11 is 0. The molecular weight excluding hydrogens is 426 g/mol. The molecule has 2 rings (SSSR count). The van der Waals surface area contributed by atoms with Gasteiger partial charge in [-0.05, 0) is 25.2 Å². The third-order valence-corrected chi connectivity index (χ3v) is 4.41. The van der Waals surface area contributed by atoms with Gasteiger partial charge in [-0.1, -0.05) is 5.11 Å². The molecule has 2 N–H and O–H groups in total. The number of amides is 1. The lowest BCUT2D eigenvalue weighted by atomic mass is 10.2. The van der Waals surface area contributed by atoms with Gasteiger partial charge < -0.3 is 20.1 Å². The van der Waals surface area contributed by atoms with Gasteiger partial charge in [0, 0.05) is 37.9 Å². The highest BCUT2D eigenvalue weighted by molar-refractivity contribution is 7.80. The number of azo groups is 1. The van der Waals surface area contributed by atoms with Crippen LogP contribution in [-0.2, 0) is 33.5 Å². The van der Waals surface area contributed by atoms with Crippen molar-refractivity contribution in [2.75, 3.05) is 44.5 Å². The van der Waals surface area contributed by atoms with Gasteiger partial charge in [-0.15, -0.1) is 0 Å². The number of benzene rings is 1. The van der Waals surface area contributed by atoms with Gasteiger partial charge >= 0.3 is 5.95 Å². The summed E-state index contributed by atoms with van der Waals surface area (Å²) in [6.07, 6.45) is 3.84. The van der Waals surface area contributed by atoms with Crippen molar-refractivity contribution in [2.24, 2.45) is 24.3 Å². The number of hydrogen-bond donors (Lipinski definition) is 2. The van der Waals surface area contributed by atoms with Crippen molar-refractivity contribution in [1.29, 1.82) is 0 Å². The van der Waals surface area contributed by atoms with E-state index in [4.69, 9.17) is 0 Å². The number of anilines is 2. The summed E-state index contributed by atoms with van der Waals surface area (Å²) in [7, 11) is 4.16. The van der Waals surface area contributed by atoms with Crippen LogP contribution in [-0.4, -0.2) is 57.7 Å². The predicted molar refractivity (Wildman–Crippen MR) is 115 cm³/mol. The molecule has 12 nitrogen and oxygen atoms in total. The minimum absolute atomic E-state index is 0.118. The molecule has 0 spiro atoms. The third-order valence-electron chi connectivity index (χ3n) is 4.00. The standard InChI is InChI=1S/C17H25N7O.CH4O4S/c1-13(25)19-14-6-7-16(22(3)9-8-18-2)15(12-14)20-21-17-23(4)10-11-24(17)5;1-5-6(2,3)4/h6-7,10-12,18H,8-9H2,1-5H3;1H3,(H,2,3,4). The average molecular weight is 456 g/mol. The average Bonchev–Trinajstić information content (AvgIpc) is 3.01. The van der Waals surface area contributed by atoms with E-state index in [1.807, 2.05) is 67.9 Å². The van der Waals surface area contributed by atoms with Crippen LogP contribution in [0.2, 0.25) is 0 Å². The zero-order valence-corrected chi connectivity index (χ0v) is 19.3. The normalized spacial score (nSPS) is 11.2. The van der Waals surface area contributed by atoms with E-state index in [1.54, 1.807) is 0 Å². The number of imidazole rings is 1. The Kier molecular flexibility index (Phi) is 10.2. The third kappa shape index (κ3) is 9.21.